The van der Waals surface area contributed by atoms with Gasteiger partial charge in [0.2, 0.25) is 0 Å². The fraction of sp³-hybridized carbons (Fsp3) is 0.231. The fourth-order valence-corrected chi connectivity index (χ4v) is 1.95. The van der Waals surface area contributed by atoms with Crippen molar-refractivity contribution in [1.82, 2.24) is 9.97 Å². The molecule has 0 bridgehead atoms. The molecule has 2 aromatic rings. The standard InChI is InChI=1S/C13H13ClN2/c1-9-4-3-5-11(6-9)7-12-10(2)15-8-16-13(12)14/h3-6,8H,7H2,1-2H3. The van der Waals surface area contributed by atoms with Crippen molar-refractivity contribution in [3.63, 3.8) is 0 Å². The average molecular weight is 233 g/mol. The van der Waals surface area contributed by atoms with Crippen molar-refractivity contribution in [1.29, 1.82) is 0 Å². The maximum absolute atomic E-state index is 6.07. The largest absolute Gasteiger partial charge is 0.241 e. The van der Waals surface area contributed by atoms with Crippen molar-refractivity contribution >= 4 is 11.6 Å². The Labute approximate surface area is 100 Å². The van der Waals surface area contributed by atoms with Crippen molar-refractivity contribution < 1.29 is 0 Å². The zero-order chi connectivity index (χ0) is 11.5. The first-order valence-corrected chi connectivity index (χ1v) is 5.56. The van der Waals surface area contributed by atoms with Gasteiger partial charge >= 0.3 is 0 Å². The molecule has 0 N–H and O–H groups in total. The number of hydrogen-bond donors (Lipinski definition) is 0. The minimum absolute atomic E-state index is 0.550. The van der Waals surface area contributed by atoms with Crippen LogP contribution in [0.15, 0.2) is 30.6 Å². The number of benzene rings is 1. The summed E-state index contributed by atoms with van der Waals surface area (Å²) in [5.41, 5.74) is 4.44. The summed E-state index contributed by atoms with van der Waals surface area (Å²) in [5.74, 6) is 0. The maximum Gasteiger partial charge on any atom is 0.136 e. The van der Waals surface area contributed by atoms with Crippen LogP contribution in [-0.4, -0.2) is 9.97 Å². The molecule has 0 fully saturated rings. The van der Waals surface area contributed by atoms with Gasteiger partial charge in [0, 0.05) is 17.7 Å². The fourth-order valence-electron chi connectivity index (χ4n) is 1.70. The van der Waals surface area contributed by atoms with Gasteiger partial charge in [0.05, 0.1) is 0 Å². The molecule has 0 atom stereocenters. The molecule has 1 aromatic heterocycles. The van der Waals surface area contributed by atoms with Crippen LogP contribution in [0, 0.1) is 13.8 Å². The Morgan fingerprint density at radius 2 is 2.00 bits per heavy atom. The van der Waals surface area contributed by atoms with Crippen LogP contribution < -0.4 is 0 Å². The first-order valence-electron chi connectivity index (χ1n) is 5.18. The van der Waals surface area contributed by atoms with Crippen LogP contribution >= 0.6 is 11.6 Å². The minimum Gasteiger partial charge on any atom is -0.241 e. The highest BCUT2D eigenvalue weighted by molar-refractivity contribution is 6.30. The van der Waals surface area contributed by atoms with Gasteiger partial charge in [-0.05, 0) is 19.4 Å². The van der Waals surface area contributed by atoms with Crippen molar-refractivity contribution in [3.8, 4) is 0 Å². The summed E-state index contributed by atoms with van der Waals surface area (Å²) in [6.45, 7) is 4.04. The van der Waals surface area contributed by atoms with E-state index in [2.05, 4.69) is 41.2 Å². The first-order chi connectivity index (χ1) is 7.66. The lowest BCUT2D eigenvalue weighted by atomic mass is 10.0. The number of hydrogen-bond acceptors (Lipinski definition) is 2. The van der Waals surface area contributed by atoms with Gasteiger partial charge in [-0.2, -0.15) is 0 Å². The number of halogens is 1. The van der Waals surface area contributed by atoms with Gasteiger partial charge < -0.3 is 0 Å². The normalized spacial score (nSPS) is 10.4. The molecule has 0 saturated heterocycles. The van der Waals surface area contributed by atoms with Gasteiger partial charge in [0.25, 0.3) is 0 Å². The van der Waals surface area contributed by atoms with E-state index < -0.39 is 0 Å². The molecule has 0 aliphatic rings. The average Bonchev–Trinajstić information content (AvgIpc) is 2.24. The van der Waals surface area contributed by atoms with Crippen LogP contribution in [0.3, 0.4) is 0 Å². The zero-order valence-electron chi connectivity index (χ0n) is 9.37. The summed E-state index contributed by atoms with van der Waals surface area (Å²) in [4.78, 5) is 8.18. The molecular formula is C13H13ClN2. The second-order valence-electron chi connectivity index (χ2n) is 3.89. The Morgan fingerprint density at radius 3 is 2.69 bits per heavy atom. The molecule has 82 valence electrons. The number of nitrogens with zero attached hydrogens (tertiary/aromatic N) is 2. The zero-order valence-corrected chi connectivity index (χ0v) is 10.1. The molecule has 2 nitrogen and oxygen atoms in total. The molecule has 0 radical (unpaired) electrons. The van der Waals surface area contributed by atoms with Crippen molar-refractivity contribution in [2.75, 3.05) is 0 Å². The maximum atomic E-state index is 6.07. The van der Waals surface area contributed by atoms with Crippen LogP contribution in [0.4, 0.5) is 0 Å². The Kier molecular flexibility index (Phi) is 3.20. The monoisotopic (exact) mass is 232 g/mol. The van der Waals surface area contributed by atoms with Gasteiger partial charge in [-0.15, -0.1) is 0 Å². The van der Waals surface area contributed by atoms with E-state index in [1.807, 2.05) is 6.92 Å². The van der Waals surface area contributed by atoms with Crippen molar-refractivity contribution in [2.45, 2.75) is 20.3 Å². The van der Waals surface area contributed by atoms with Gasteiger partial charge in [-0.1, -0.05) is 41.4 Å². The SMILES string of the molecule is Cc1cccc(Cc2c(C)ncnc2Cl)c1. The molecule has 0 aliphatic carbocycles. The van der Waals surface area contributed by atoms with E-state index in [1.54, 1.807) is 0 Å². The van der Waals surface area contributed by atoms with Crippen LogP contribution in [0.2, 0.25) is 5.15 Å². The van der Waals surface area contributed by atoms with E-state index in [1.165, 1.54) is 17.5 Å². The third kappa shape index (κ3) is 2.39. The molecule has 0 spiro atoms. The lowest BCUT2D eigenvalue weighted by Crippen LogP contribution is -1.98. The first kappa shape index (κ1) is 11.1. The summed E-state index contributed by atoms with van der Waals surface area (Å²) in [6, 6.07) is 8.38. The third-order valence-electron chi connectivity index (χ3n) is 2.57. The summed E-state index contributed by atoms with van der Waals surface area (Å²) in [5, 5.41) is 0.550. The van der Waals surface area contributed by atoms with Gasteiger partial charge in [-0.25, -0.2) is 9.97 Å². The minimum atomic E-state index is 0.550. The van der Waals surface area contributed by atoms with E-state index in [9.17, 15) is 0 Å². The predicted molar refractivity (Wildman–Crippen MR) is 65.8 cm³/mol. The molecule has 3 heteroatoms. The Hall–Kier alpha value is -1.41. The van der Waals surface area contributed by atoms with Crippen LogP contribution in [0.1, 0.15) is 22.4 Å². The summed E-state index contributed by atoms with van der Waals surface area (Å²) < 4.78 is 0. The van der Waals surface area contributed by atoms with Gasteiger partial charge in [0.15, 0.2) is 0 Å². The second kappa shape index (κ2) is 4.62. The molecular weight excluding hydrogens is 220 g/mol. The Bertz CT molecular complexity index is 489. The molecule has 1 aromatic carbocycles. The predicted octanol–water partition coefficient (Wildman–Crippen LogP) is 3.34. The molecule has 0 aliphatic heterocycles. The Morgan fingerprint density at radius 1 is 1.19 bits per heavy atom. The summed E-state index contributed by atoms with van der Waals surface area (Å²) >= 11 is 6.07. The molecule has 16 heavy (non-hydrogen) atoms. The van der Waals surface area contributed by atoms with E-state index in [0.29, 0.717) is 5.15 Å². The van der Waals surface area contributed by atoms with Crippen LogP contribution in [0.5, 0.6) is 0 Å². The highest BCUT2D eigenvalue weighted by atomic mass is 35.5. The van der Waals surface area contributed by atoms with Gasteiger partial charge in [-0.3, -0.25) is 0 Å². The lowest BCUT2D eigenvalue weighted by molar-refractivity contribution is 1.01. The molecule has 0 saturated carbocycles. The van der Waals surface area contributed by atoms with Crippen molar-refractivity contribution in [3.05, 3.63) is 58.1 Å². The Balaban J connectivity index is 2.34. The summed E-state index contributed by atoms with van der Waals surface area (Å²) in [7, 11) is 0. The van der Waals surface area contributed by atoms with E-state index in [4.69, 9.17) is 11.6 Å². The summed E-state index contributed by atoms with van der Waals surface area (Å²) in [6.07, 6.45) is 2.28. The number of aryl methyl sites for hydroxylation is 2. The molecule has 1 heterocycles. The lowest BCUT2D eigenvalue weighted by Gasteiger charge is -2.07. The number of rotatable bonds is 2. The van der Waals surface area contributed by atoms with Gasteiger partial charge in [0.1, 0.15) is 11.5 Å². The highest BCUT2D eigenvalue weighted by Crippen LogP contribution is 2.19. The smallest absolute Gasteiger partial charge is 0.136 e. The number of aromatic nitrogens is 2. The highest BCUT2D eigenvalue weighted by Gasteiger charge is 2.07. The van der Waals surface area contributed by atoms with E-state index in [-0.39, 0.29) is 0 Å². The van der Waals surface area contributed by atoms with E-state index in [0.717, 1.165) is 17.7 Å². The molecule has 0 unspecified atom stereocenters. The van der Waals surface area contributed by atoms with E-state index >= 15 is 0 Å². The topological polar surface area (TPSA) is 25.8 Å². The van der Waals surface area contributed by atoms with Crippen molar-refractivity contribution in [2.24, 2.45) is 0 Å². The molecule has 0 amide bonds. The van der Waals surface area contributed by atoms with Crippen LogP contribution in [0.25, 0.3) is 0 Å². The molecule has 2 rings (SSSR count). The quantitative estimate of drug-likeness (QED) is 0.743. The third-order valence-corrected chi connectivity index (χ3v) is 2.90. The van der Waals surface area contributed by atoms with Crippen LogP contribution in [-0.2, 0) is 6.42 Å². The second-order valence-corrected chi connectivity index (χ2v) is 4.25.